The maximum atomic E-state index is 14.1. The summed E-state index contributed by atoms with van der Waals surface area (Å²) >= 11 is 0. The summed E-state index contributed by atoms with van der Waals surface area (Å²) in [4.78, 5) is 16.3. The third-order valence-corrected chi connectivity index (χ3v) is 10.8. The molecule has 54 heavy (non-hydrogen) atoms. The monoisotopic (exact) mass is 699 g/mol. The number of fused-ring (bicyclic) bond motifs is 1. The number of carbonyl (C=O) groups is 1. The van der Waals surface area contributed by atoms with Crippen molar-refractivity contribution in [3.8, 4) is 22.3 Å². The van der Waals surface area contributed by atoms with E-state index < -0.39 is 0 Å². The van der Waals surface area contributed by atoms with Gasteiger partial charge in [-0.1, -0.05) is 142 Å². The molecule has 262 valence electrons. The van der Waals surface area contributed by atoms with E-state index in [4.69, 9.17) is 4.74 Å². The molecule has 0 radical (unpaired) electrons. The van der Waals surface area contributed by atoms with Crippen molar-refractivity contribution in [3.63, 3.8) is 0 Å². The summed E-state index contributed by atoms with van der Waals surface area (Å²) in [6.45, 7) is 8.90. The van der Waals surface area contributed by atoms with Crippen molar-refractivity contribution in [2.75, 3.05) is 11.5 Å². The summed E-state index contributed by atoms with van der Waals surface area (Å²) in [6.07, 6.45) is 0. The van der Waals surface area contributed by atoms with Crippen LogP contribution in [0, 0.1) is 0 Å². The first-order valence-corrected chi connectivity index (χ1v) is 18.8. The zero-order valence-electron chi connectivity index (χ0n) is 31.1. The smallest absolute Gasteiger partial charge is 0.338 e. The van der Waals surface area contributed by atoms with Gasteiger partial charge in [0.25, 0.3) is 0 Å². The molecule has 3 heteroatoms. The molecule has 0 N–H and O–H groups in total. The summed E-state index contributed by atoms with van der Waals surface area (Å²) in [5, 5.41) is 9.37. The fourth-order valence-electron chi connectivity index (χ4n) is 8.16. The standard InChI is InChI=1S/C51H41NO2/c1-5-54-50(53)46-32-39(52(38-18-7-6-8-19-38)47-23-13-15-33-14-9-10-20-40(33)47)28-29-41(46)45-31-36-17-11-21-42-44(34-24-26-37(27-25-34)51(2,3)4)30-35-16-12-22-43(45)49(35)48(36)42/h6-32H,5H2,1-4H3. The average molecular weight is 700 g/mol. The highest BCUT2D eigenvalue weighted by atomic mass is 16.5. The van der Waals surface area contributed by atoms with Gasteiger partial charge in [0.05, 0.1) is 17.9 Å². The number of esters is 1. The van der Waals surface area contributed by atoms with E-state index in [9.17, 15) is 4.79 Å². The first kappa shape index (κ1) is 33.4. The Morgan fingerprint density at radius 2 is 1.13 bits per heavy atom. The Morgan fingerprint density at radius 3 is 1.83 bits per heavy atom. The van der Waals surface area contributed by atoms with Gasteiger partial charge in [-0.15, -0.1) is 0 Å². The van der Waals surface area contributed by atoms with E-state index in [1.807, 2.05) is 31.2 Å². The van der Waals surface area contributed by atoms with Gasteiger partial charge in [0.2, 0.25) is 0 Å². The van der Waals surface area contributed by atoms with E-state index in [0.29, 0.717) is 5.56 Å². The Labute approximate surface area is 316 Å². The molecule has 0 spiro atoms. The highest BCUT2D eigenvalue weighted by molar-refractivity contribution is 6.29. The molecule has 0 fully saturated rings. The van der Waals surface area contributed by atoms with Crippen molar-refractivity contribution in [1.82, 2.24) is 0 Å². The third kappa shape index (κ3) is 5.64. The lowest BCUT2D eigenvalue weighted by molar-refractivity contribution is 0.0527. The predicted octanol–water partition coefficient (Wildman–Crippen LogP) is 14.0. The number of nitrogens with zero attached hydrogens (tertiary/aromatic N) is 1. The van der Waals surface area contributed by atoms with Crippen LogP contribution < -0.4 is 4.90 Å². The van der Waals surface area contributed by atoms with Crippen LogP contribution in [0.25, 0.3) is 65.3 Å². The van der Waals surface area contributed by atoms with Crippen molar-refractivity contribution in [3.05, 3.63) is 175 Å². The van der Waals surface area contributed by atoms with Crippen molar-refractivity contribution in [2.24, 2.45) is 0 Å². The van der Waals surface area contributed by atoms with E-state index in [2.05, 4.69) is 165 Å². The van der Waals surface area contributed by atoms with Gasteiger partial charge in [0, 0.05) is 16.8 Å². The Bertz CT molecular complexity index is 2820. The first-order chi connectivity index (χ1) is 26.3. The molecule has 0 aliphatic rings. The molecule has 0 saturated heterocycles. The number of hydrogen-bond acceptors (Lipinski definition) is 3. The van der Waals surface area contributed by atoms with Crippen LogP contribution >= 0.6 is 0 Å². The molecule has 0 saturated carbocycles. The second kappa shape index (κ2) is 13.2. The minimum absolute atomic E-state index is 0.0877. The molecule has 0 aliphatic heterocycles. The molecular weight excluding hydrogens is 659 g/mol. The number of carbonyl (C=O) groups excluding carboxylic acids is 1. The lowest BCUT2D eigenvalue weighted by Gasteiger charge is -2.28. The summed E-state index contributed by atoms with van der Waals surface area (Å²) in [7, 11) is 0. The van der Waals surface area contributed by atoms with E-state index in [-0.39, 0.29) is 18.0 Å². The van der Waals surface area contributed by atoms with Gasteiger partial charge in [-0.25, -0.2) is 4.79 Å². The van der Waals surface area contributed by atoms with E-state index in [0.717, 1.165) is 49.7 Å². The van der Waals surface area contributed by atoms with Gasteiger partial charge < -0.3 is 9.64 Å². The normalized spacial score (nSPS) is 11.9. The van der Waals surface area contributed by atoms with Crippen LogP contribution in [0.5, 0.6) is 0 Å². The third-order valence-electron chi connectivity index (χ3n) is 10.8. The van der Waals surface area contributed by atoms with Crippen LogP contribution in [0.2, 0.25) is 0 Å². The fraction of sp³-hybridized carbons (Fsp3) is 0.118. The highest BCUT2D eigenvalue weighted by Gasteiger charge is 2.24. The Hall–Kier alpha value is -6.45. The van der Waals surface area contributed by atoms with Gasteiger partial charge in [-0.05, 0) is 120 Å². The maximum absolute atomic E-state index is 14.1. The second-order valence-electron chi connectivity index (χ2n) is 15.1. The zero-order valence-corrected chi connectivity index (χ0v) is 31.1. The lowest BCUT2D eigenvalue weighted by atomic mass is 9.83. The first-order valence-electron chi connectivity index (χ1n) is 18.8. The lowest BCUT2D eigenvalue weighted by Crippen LogP contribution is -2.13. The number of rotatable bonds is 7. The molecule has 0 aliphatic carbocycles. The van der Waals surface area contributed by atoms with Crippen LogP contribution in [0.1, 0.15) is 43.6 Å². The van der Waals surface area contributed by atoms with E-state index in [1.54, 1.807) is 0 Å². The molecule has 0 heterocycles. The van der Waals surface area contributed by atoms with Crippen LogP contribution in [0.4, 0.5) is 17.1 Å². The topological polar surface area (TPSA) is 29.5 Å². The quantitative estimate of drug-likeness (QED) is 0.122. The van der Waals surface area contributed by atoms with E-state index >= 15 is 0 Å². The average Bonchev–Trinajstić information content (AvgIpc) is 3.20. The minimum atomic E-state index is -0.341. The van der Waals surface area contributed by atoms with Gasteiger partial charge >= 0.3 is 5.97 Å². The number of hydrogen-bond donors (Lipinski definition) is 0. The number of anilines is 3. The second-order valence-corrected chi connectivity index (χ2v) is 15.1. The van der Waals surface area contributed by atoms with E-state index in [1.165, 1.54) is 38.2 Å². The van der Waals surface area contributed by atoms with Crippen molar-refractivity contribution >= 4 is 66.1 Å². The van der Waals surface area contributed by atoms with Crippen molar-refractivity contribution < 1.29 is 9.53 Å². The number of benzene rings is 9. The SMILES string of the molecule is CCOC(=O)c1cc(N(c2ccccc2)c2cccc3ccccc23)ccc1-c1cc2cccc3c(-c4ccc(C(C)(C)C)cc4)cc4cccc1c4c23. The molecule has 0 atom stereocenters. The molecule has 3 nitrogen and oxygen atoms in total. The molecule has 9 rings (SSSR count). The van der Waals surface area contributed by atoms with Crippen LogP contribution in [0.3, 0.4) is 0 Å². The Kier molecular flexibility index (Phi) is 8.16. The number of ether oxygens (including phenoxy) is 1. The summed E-state index contributed by atoms with van der Waals surface area (Å²) in [6, 6.07) is 58.1. The zero-order chi connectivity index (χ0) is 37.0. The minimum Gasteiger partial charge on any atom is -0.462 e. The summed E-state index contributed by atoms with van der Waals surface area (Å²) in [5.74, 6) is -0.341. The van der Waals surface area contributed by atoms with Gasteiger partial charge in [-0.2, -0.15) is 0 Å². The van der Waals surface area contributed by atoms with Crippen LogP contribution in [-0.2, 0) is 10.2 Å². The van der Waals surface area contributed by atoms with Gasteiger partial charge in [0.15, 0.2) is 0 Å². The molecule has 0 unspecified atom stereocenters. The van der Waals surface area contributed by atoms with Crippen LogP contribution in [-0.4, -0.2) is 12.6 Å². The molecule has 0 bridgehead atoms. The highest BCUT2D eigenvalue weighted by Crippen LogP contribution is 2.46. The summed E-state index contributed by atoms with van der Waals surface area (Å²) in [5.41, 5.74) is 9.14. The molecule has 0 aromatic heterocycles. The molecular formula is C51H41NO2. The van der Waals surface area contributed by atoms with Crippen molar-refractivity contribution in [2.45, 2.75) is 33.1 Å². The molecule has 9 aromatic carbocycles. The van der Waals surface area contributed by atoms with Gasteiger partial charge in [0.1, 0.15) is 0 Å². The Morgan fingerprint density at radius 1 is 0.537 bits per heavy atom. The van der Waals surface area contributed by atoms with Crippen molar-refractivity contribution in [1.29, 1.82) is 0 Å². The largest absolute Gasteiger partial charge is 0.462 e. The predicted molar refractivity (Wildman–Crippen MR) is 228 cm³/mol. The maximum Gasteiger partial charge on any atom is 0.338 e. The Balaban J connectivity index is 1.26. The number of para-hydroxylation sites is 1. The molecule has 0 amide bonds. The van der Waals surface area contributed by atoms with Gasteiger partial charge in [-0.3, -0.25) is 0 Å². The molecule has 9 aromatic rings. The fourth-order valence-corrected chi connectivity index (χ4v) is 8.16. The summed E-state index contributed by atoms with van der Waals surface area (Å²) < 4.78 is 5.79. The van der Waals surface area contributed by atoms with Crippen LogP contribution in [0.15, 0.2) is 164 Å².